The summed E-state index contributed by atoms with van der Waals surface area (Å²) in [5.74, 6) is 0.555. The Balaban J connectivity index is 1.90. The topological polar surface area (TPSA) is 58.6 Å². The molecule has 2 aromatic heterocycles. The Labute approximate surface area is 109 Å². The minimum Gasteiger partial charge on any atom is -0.336 e. The van der Waals surface area contributed by atoms with Gasteiger partial charge in [-0.25, -0.2) is 9.37 Å². The molecule has 2 heterocycles. The highest BCUT2D eigenvalue weighted by molar-refractivity contribution is 5.72. The van der Waals surface area contributed by atoms with Crippen molar-refractivity contribution in [2.45, 2.75) is 13.1 Å². The lowest BCUT2D eigenvalue weighted by Gasteiger charge is -1.97. The highest BCUT2D eigenvalue weighted by Crippen LogP contribution is 2.08. The Bertz CT molecular complexity index is 703. The van der Waals surface area contributed by atoms with Crippen molar-refractivity contribution in [2.75, 3.05) is 0 Å². The van der Waals surface area contributed by atoms with Crippen LogP contribution in [-0.4, -0.2) is 9.97 Å². The van der Waals surface area contributed by atoms with Crippen molar-refractivity contribution in [3.63, 3.8) is 0 Å². The molecule has 4 nitrogen and oxygen atoms in total. The fourth-order valence-electron chi connectivity index (χ4n) is 2.05. The SMILES string of the molecule is NCc1nc2cc[n+](Cc3ccc(F)cc3)cc2[nH]1. The zero-order chi connectivity index (χ0) is 13.2. The molecule has 0 aliphatic rings. The van der Waals surface area contributed by atoms with Crippen LogP contribution in [0.1, 0.15) is 11.4 Å². The summed E-state index contributed by atoms with van der Waals surface area (Å²) in [6.07, 6.45) is 3.93. The van der Waals surface area contributed by atoms with Crippen molar-refractivity contribution in [3.05, 3.63) is 59.9 Å². The van der Waals surface area contributed by atoms with Crippen LogP contribution in [0, 0.1) is 5.82 Å². The van der Waals surface area contributed by atoms with Gasteiger partial charge in [0.2, 0.25) is 0 Å². The molecular weight excluding hydrogens is 243 g/mol. The van der Waals surface area contributed by atoms with Crippen LogP contribution < -0.4 is 10.3 Å². The maximum atomic E-state index is 12.8. The highest BCUT2D eigenvalue weighted by Gasteiger charge is 2.08. The van der Waals surface area contributed by atoms with Gasteiger partial charge in [0.1, 0.15) is 22.7 Å². The number of aromatic nitrogens is 3. The largest absolute Gasteiger partial charge is 0.336 e. The number of aromatic amines is 1. The molecule has 19 heavy (non-hydrogen) atoms. The summed E-state index contributed by atoms with van der Waals surface area (Å²) in [5, 5.41) is 0. The van der Waals surface area contributed by atoms with Gasteiger partial charge in [-0.2, -0.15) is 4.57 Å². The predicted octanol–water partition coefficient (Wildman–Crippen LogP) is 1.50. The van der Waals surface area contributed by atoms with Gasteiger partial charge in [-0.1, -0.05) is 0 Å². The van der Waals surface area contributed by atoms with E-state index in [4.69, 9.17) is 5.73 Å². The van der Waals surface area contributed by atoms with Crippen molar-refractivity contribution < 1.29 is 8.96 Å². The second-order valence-electron chi connectivity index (χ2n) is 4.43. The lowest BCUT2D eigenvalue weighted by Crippen LogP contribution is -2.33. The van der Waals surface area contributed by atoms with Gasteiger partial charge in [-0.05, 0) is 24.3 Å². The smallest absolute Gasteiger partial charge is 0.195 e. The fourth-order valence-corrected chi connectivity index (χ4v) is 2.05. The van der Waals surface area contributed by atoms with Crippen LogP contribution in [-0.2, 0) is 13.1 Å². The molecular formula is C14H14FN4+. The number of benzene rings is 1. The zero-order valence-corrected chi connectivity index (χ0v) is 10.3. The number of pyridine rings is 1. The molecule has 0 spiro atoms. The molecule has 3 rings (SSSR count). The average Bonchev–Trinajstić information content (AvgIpc) is 2.83. The molecule has 0 fully saturated rings. The Kier molecular flexibility index (Phi) is 2.97. The van der Waals surface area contributed by atoms with E-state index < -0.39 is 0 Å². The van der Waals surface area contributed by atoms with Gasteiger partial charge in [-0.3, -0.25) is 0 Å². The quantitative estimate of drug-likeness (QED) is 0.698. The first-order valence-electron chi connectivity index (χ1n) is 6.07. The lowest BCUT2D eigenvalue weighted by molar-refractivity contribution is -0.687. The van der Waals surface area contributed by atoms with E-state index in [2.05, 4.69) is 9.97 Å². The first-order chi connectivity index (χ1) is 9.24. The molecule has 3 aromatic rings. The molecule has 0 saturated heterocycles. The molecule has 0 unspecified atom stereocenters. The standard InChI is InChI=1S/C14H13FN4/c15-11-3-1-10(2-4-11)8-19-6-5-12-13(9-19)18-14(7-16)17-12/h1-6,9H,7-8,16H2/p+1. The van der Waals surface area contributed by atoms with Crippen LogP contribution in [0.3, 0.4) is 0 Å². The number of nitrogens with two attached hydrogens (primary N) is 1. The van der Waals surface area contributed by atoms with Crippen LogP contribution in [0.15, 0.2) is 42.7 Å². The minimum absolute atomic E-state index is 0.217. The Morgan fingerprint density at radius 1 is 1.21 bits per heavy atom. The summed E-state index contributed by atoms with van der Waals surface area (Å²) in [6.45, 7) is 1.08. The van der Waals surface area contributed by atoms with Gasteiger partial charge in [-0.15, -0.1) is 0 Å². The van der Waals surface area contributed by atoms with E-state index in [9.17, 15) is 4.39 Å². The summed E-state index contributed by atoms with van der Waals surface area (Å²) in [7, 11) is 0. The number of fused-ring (bicyclic) bond motifs is 1. The molecule has 3 N–H and O–H groups in total. The zero-order valence-electron chi connectivity index (χ0n) is 10.3. The Morgan fingerprint density at radius 2 is 2.00 bits per heavy atom. The van der Waals surface area contributed by atoms with Crippen molar-refractivity contribution >= 4 is 11.0 Å². The fraction of sp³-hybridized carbons (Fsp3) is 0.143. The number of nitrogens with one attached hydrogen (secondary N) is 1. The molecule has 5 heteroatoms. The molecule has 0 amide bonds. The summed E-state index contributed by atoms with van der Waals surface area (Å²) < 4.78 is 14.9. The number of hydrogen-bond donors (Lipinski definition) is 2. The van der Waals surface area contributed by atoms with Gasteiger partial charge >= 0.3 is 0 Å². The lowest BCUT2D eigenvalue weighted by atomic mass is 10.2. The summed E-state index contributed by atoms with van der Waals surface area (Å²) in [5.41, 5.74) is 8.45. The average molecular weight is 257 g/mol. The summed E-state index contributed by atoms with van der Waals surface area (Å²) in [4.78, 5) is 7.51. The first-order valence-corrected chi connectivity index (χ1v) is 6.07. The highest BCUT2D eigenvalue weighted by atomic mass is 19.1. The van der Waals surface area contributed by atoms with Gasteiger partial charge < -0.3 is 10.7 Å². The maximum Gasteiger partial charge on any atom is 0.195 e. The normalized spacial score (nSPS) is 11.1. The van der Waals surface area contributed by atoms with Crippen LogP contribution in [0.4, 0.5) is 4.39 Å². The van der Waals surface area contributed by atoms with Crippen molar-refractivity contribution in [1.82, 2.24) is 9.97 Å². The number of H-pyrrole nitrogens is 1. The molecule has 0 bridgehead atoms. The van der Waals surface area contributed by atoms with E-state index in [0.717, 1.165) is 22.4 Å². The monoisotopic (exact) mass is 257 g/mol. The molecule has 0 aliphatic carbocycles. The minimum atomic E-state index is -0.217. The predicted molar refractivity (Wildman–Crippen MR) is 69.7 cm³/mol. The van der Waals surface area contributed by atoms with E-state index in [-0.39, 0.29) is 5.82 Å². The van der Waals surface area contributed by atoms with E-state index in [1.54, 1.807) is 12.1 Å². The second kappa shape index (κ2) is 4.78. The van der Waals surface area contributed by atoms with Crippen molar-refractivity contribution in [3.8, 4) is 0 Å². The molecule has 0 saturated carbocycles. The van der Waals surface area contributed by atoms with Gasteiger partial charge in [0.15, 0.2) is 18.9 Å². The first kappa shape index (κ1) is 11.8. The number of hydrogen-bond acceptors (Lipinski definition) is 2. The molecule has 0 atom stereocenters. The Hall–Kier alpha value is -2.27. The van der Waals surface area contributed by atoms with Crippen LogP contribution in [0.2, 0.25) is 0 Å². The van der Waals surface area contributed by atoms with Gasteiger partial charge in [0.25, 0.3) is 0 Å². The third-order valence-electron chi connectivity index (χ3n) is 3.00. The maximum absolute atomic E-state index is 12.8. The van der Waals surface area contributed by atoms with Crippen LogP contribution in [0.5, 0.6) is 0 Å². The molecule has 0 radical (unpaired) electrons. The second-order valence-corrected chi connectivity index (χ2v) is 4.43. The third kappa shape index (κ3) is 2.46. The number of rotatable bonds is 3. The van der Waals surface area contributed by atoms with E-state index in [1.165, 1.54) is 12.1 Å². The molecule has 0 aliphatic heterocycles. The summed E-state index contributed by atoms with van der Waals surface area (Å²) in [6, 6.07) is 8.44. The van der Waals surface area contributed by atoms with Crippen molar-refractivity contribution in [1.29, 1.82) is 0 Å². The van der Waals surface area contributed by atoms with Crippen molar-refractivity contribution in [2.24, 2.45) is 5.73 Å². The number of imidazole rings is 1. The Morgan fingerprint density at radius 3 is 2.74 bits per heavy atom. The van der Waals surface area contributed by atoms with E-state index >= 15 is 0 Å². The van der Waals surface area contributed by atoms with Crippen LogP contribution in [0.25, 0.3) is 11.0 Å². The van der Waals surface area contributed by atoms with Gasteiger partial charge in [0.05, 0.1) is 6.54 Å². The number of nitrogens with zero attached hydrogens (tertiary/aromatic N) is 2. The third-order valence-corrected chi connectivity index (χ3v) is 3.00. The molecule has 1 aromatic carbocycles. The van der Waals surface area contributed by atoms with Crippen LogP contribution >= 0.6 is 0 Å². The van der Waals surface area contributed by atoms with Gasteiger partial charge in [0, 0.05) is 11.6 Å². The summed E-state index contributed by atoms with van der Waals surface area (Å²) >= 11 is 0. The van der Waals surface area contributed by atoms with E-state index in [0.29, 0.717) is 13.1 Å². The number of halogens is 1. The molecule has 96 valence electrons. The van der Waals surface area contributed by atoms with E-state index in [1.807, 2.05) is 23.0 Å².